The number of hydrogen-bond acceptors (Lipinski definition) is 8. The van der Waals surface area contributed by atoms with Crippen LogP contribution in [0, 0.1) is 0 Å². The average Bonchev–Trinajstić information content (AvgIpc) is 2.82. The third-order valence-corrected chi connectivity index (χ3v) is 4.65. The number of phenols is 1. The summed E-state index contributed by atoms with van der Waals surface area (Å²) >= 11 is 0. The van der Waals surface area contributed by atoms with Crippen molar-refractivity contribution in [2.24, 2.45) is 0 Å². The molecule has 3 amide bonds. The van der Waals surface area contributed by atoms with E-state index < -0.39 is 42.0 Å². The first kappa shape index (κ1) is 29.0. The number of amides is 3. The lowest BCUT2D eigenvalue weighted by Crippen LogP contribution is -2.38. The van der Waals surface area contributed by atoms with Gasteiger partial charge in [0.15, 0.2) is 11.5 Å². The first-order valence-corrected chi connectivity index (χ1v) is 11.7. The van der Waals surface area contributed by atoms with Crippen LogP contribution in [0.4, 0.5) is 15.3 Å². The minimum Gasteiger partial charge on any atom is -0.503 e. The molecular weight excluding hydrogens is 482 g/mol. The summed E-state index contributed by atoms with van der Waals surface area (Å²) in [6, 6.07) is 13.0. The van der Waals surface area contributed by atoms with Crippen LogP contribution in [0.25, 0.3) is 0 Å². The maximum absolute atomic E-state index is 12.2. The van der Waals surface area contributed by atoms with Gasteiger partial charge in [0.05, 0.1) is 5.69 Å². The lowest BCUT2D eigenvalue weighted by Gasteiger charge is -2.21. The summed E-state index contributed by atoms with van der Waals surface area (Å²) in [6.45, 7) is 6.61. The minimum atomic E-state index is -0.777. The Morgan fingerprint density at radius 1 is 0.973 bits per heavy atom. The Morgan fingerprint density at radius 3 is 2.35 bits per heavy atom. The zero-order chi connectivity index (χ0) is 27.4. The summed E-state index contributed by atoms with van der Waals surface area (Å²) in [7, 11) is 0. The van der Waals surface area contributed by atoms with E-state index in [0.29, 0.717) is 0 Å². The van der Waals surface area contributed by atoms with Crippen LogP contribution in [-0.4, -0.2) is 47.4 Å². The molecule has 200 valence electrons. The number of carbonyl (C=O) groups excluding carboxylic acids is 4. The number of aromatic hydroxyl groups is 1. The van der Waals surface area contributed by atoms with Crippen LogP contribution in [0.15, 0.2) is 48.5 Å². The van der Waals surface area contributed by atoms with E-state index in [4.69, 9.17) is 14.2 Å². The lowest BCUT2D eigenvalue weighted by molar-refractivity contribution is -0.134. The van der Waals surface area contributed by atoms with Crippen molar-refractivity contribution in [1.29, 1.82) is 0 Å². The molecule has 0 radical (unpaired) electrons. The molecule has 0 bridgehead atoms. The van der Waals surface area contributed by atoms with Gasteiger partial charge in [-0.05, 0) is 51.8 Å². The predicted molar refractivity (Wildman–Crippen MR) is 135 cm³/mol. The number of anilines is 1. The third kappa shape index (κ3) is 11.3. The predicted octanol–water partition coefficient (Wildman–Crippen LogP) is 3.86. The second kappa shape index (κ2) is 13.7. The third-order valence-electron chi connectivity index (χ3n) is 4.65. The second-order valence-corrected chi connectivity index (χ2v) is 9.18. The Balaban J connectivity index is 1.78. The summed E-state index contributed by atoms with van der Waals surface area (Å²) in [5.41, 5.74) is 0.157. The van der Waals surface area contributed by atoms with Crippen LogP contribution >= 0.6 is 0 Å². The van der Waals surface area contributed by atoms with Crippen molar-refractivity contribution >= 4 is 29.8 Å². The Hall–Kier alpha value is -4.28. The zero-order valence-corrected chi connectivity index (χ0v) is 21.3. The lowest BCUT2D eigenvalue weighted by atomic mass is 10.2. The van der Waals surface area contributed by atoms with Crippen molar-refractivity contribution in [1.82, 2.24) is 10.6 Å². The molecule has 0 aliphatic carbocycles. The molecule has 0 aromatic heterocycles. The van der Waals surface area contributed by atoms with E-state index in [9.17, 15) is 24.3 Å². The molecule has 11 nitrogen and oxygen atoms in total. The van der Waals surface area contributed by atoms with E-state index >= 15 is 0 Å². The molecule has 0 heterocycles. The smallest absolute Gasteiger partial charge is 0.407 e. The number of phenolic OH excluding ortho intramolecular Hbond substituents is 1. The molecule has 37 heavy (non-hydrogen) atoms. The Bertz CT molecular complexity index is 1080. The highest BCUT2D eigenvalue weighted by atomic mass is 16.6. The average molecular weight is 516 g/mol. The van der Waals surface area contributed by atoms with Gasteiger partial charge in [0.1, 0.15) is 18.8 Å². The van der Waals surface area contributed by atoms with E-state index in [1.54, 1.807) is 39.8 Å². The van der Waals surface area contributed by atoms with Crippen molar-refractivity contribution in [3.05, 3.63) is 54.1 Å². The first-order chi connectivity index (χ1) is 17.4. The normalized spacial score (nSPS) is 11.6. The van der Waals surface area contributed by atoms with Gasteiger partial charge < -0.3 is 35.3 Å². The molecule has 2 aromatic carbocycles. The van der Waals surface area contributed by atoms with Gasteiger partial charge in [-0.1, -0.05) is 36.4 Å². The fourth-order valence-corrected chi connectivity index (χ4v) is 2.92. The van der Waals surface area contributed by atoms with Gasteiger partial charge in [0, 0.05) is 12.5 Å². The summed E-state index contributed by atoms with van der Waals surface area (Å²) in [4.78, 5) is 48.0. The SMILES string of the molecule is CC(CCC(=O)Oc1cccc(NC(=O)CNC(=O)OCc2ccccc2)c1O)NC(=O)OC(C)(C)C. The number of esters is 1. The number of rotatable bonds is 10. The molecule has 4 N–H and O–H groups in total. The fraction of sp³-hybridized carbons (Fsp3) is 0.385. The van der Waals surface area contributed by atoms with Crippen molar-refractivity contribution in [2.75, 3.05) is 11.9 Å². The number of hydrogen-bond donors (Lipinski definition) is 4. The van der Waals surface area contributed by atoms with Crippen LogP contribution in [0.1, 0.15) is 46.1 Å². The summed E-state index contributed by atoms with van der Waals surface area (Å²) < 4.78 is 15.4. The highest BCUT2D eigenvalue weighted by molar-refractivity contribution is 5.95. The monoisotopic (exact) mass is 515 g/mol. The van der Waals surface area contributed by atoms with Crippen LogP contribution in [0.5, 0.6) is 11.5 Å². The molecule has 1 atom stereocenters. The number of ether oxygens (including phenoxy) is 3. The standard InChI is InChI=1S/C26H33N3O8/c1-17(28-25(34)37-26(2,3)4)13-14-22(31)36-20-12-8-11-19(23(20)32)29-21(30)15-27-24(33)35-16-18-9-6-5-7-10-18/h5-12,17,32H,13-16H2,1-4H3,(H,27,33)(H,28,34)(H,29,30). The molecule has 1 unspecified atom stereocenters. The van der Waals surface area contributed by atoms with E-state index in [2.05, 4.69) is 16.0 Å². The maximum Gasteiger partial charge on any atom is 0.407 e. The molecule has 0 saturated carbocycles. The Labute approximate surface area is 215 Å². The molecule has 0 aliphatic rings. The van der Waals surface area contributed by atoms with Crippen molar-refractivity contribution in [3.8, 4) is 11.5 Å². The summed E-state index contributed by atoms with van der Waals surface area (Å²) in [5.74, 6) is -1.86. The van der Waals surface area contributed by atoms with Gasteiger partial charge in [0.2, 0.25) is 5.91 Å². The topological polar surface area (TPSA) is 152 Å². The Kier molecular flexibility index (Phi) is 10.7. The maximum atomic E-state index is 12.2. The summed E-state index contributed by atoms with van der Waals surface area (Å²) in [6.07, 6.45) is -1.13. The van der Waals surface area contributed by atoms with Crippen molar-refractivity contribution in [2.45, 2.75) is 58.8 Å². The van der Waals surface area contributed by atoms with E-state index in [1.807, 2.05) is 18.2 Å². The van der Waals surface area contributed by atoms with Gasteiger partial charge in [-0.15, -0.1) is 0 Å². The molecule has 0 aliphatic heterocycles. The van der Waals surface area contributed by atoms with Crippen molar-refractivity contribution < 1.29 is 38.5 Å². The highest BCUT2D eigenvalue weighted by Crippen LogP contribution is 2.34. The minimum absolute atomic E-state index is 0.00490. The molecule has 11 heteroatoms. The van der Waals surface area contributed by atoms with E-state index in [1.165, 1.54) is 18.2 Å². The molecule has 0 spiro atoms. The van der Waals surface area contributed by atoms with E-state index in [-0.39, 0.29) is 36.9 Å². The van der Waals surface area contributed by atoms with E-state index in [0.717, 1.165) is 5.56 Å². The van der Waals surface area contributed by atoms with Crippen LogP contribution in [0.3, 0.4) is 0 Å². The van der Waals surface area contributed by atoms with Crippen molar-refractivity contribution in [3.63, 3.8) is 0 Å². The molecule has 2 rings (SSSR count). The molecule has 0 fully saturated rings. The summed E-state index contributed by atoms with van der Waals surface area (Å²) in [5, 5.41) is 17.8. The zero-order valence-electron chi connectivity index (χ0n) is 21.3. The van der Waals surface area contributed by atoms with Gasteiger partial charge >= 0.3 is 18.2 Å². The highest BCUT2D eigenvalue weighted by Gasteiger charge is 2.19. The van der Waals surface area contributed by atoms with Crippen LogP contribution in [-0.2, 0) is 25.7 Å². The Morgan fingerprint density at radius 2 is 1.68 bits per heavy atom. The number of alkyl carbamates (subject to hydrolysis) is 2. The molecular formula is C26H33N3O8. The number of para-hydroxylation sites is 1. The molecule has 2 aromatic rings. The number of carbonyl (C=O) groups is 4. The quantitative estimate of drug-likeness (QED) is 0.211. The first-order valence-electron chi connectivity index (χ1n) is 11.7. The fourth-order valence-electron chi connectivity index (χ4n) is 2.92. The van der Waals surface area contributed by atoms with Gasteiger partial charge in [-0.2, -0.15) is 0 Å². The second-order valence-electron chi connectivity index (χ2n) is 9.18. The van der Waals surface area contributed by atoms with Gasteiger partial charge in [-0.25, -0.2) is 9.59 Å². The van der Waals surface area contributed by atoms with Crippen LogP contribution < -0.4 is 20.7 Å². The largest absolute Gasteiger partial charge is 0.503 e. The van der Waals surface area contributed by atoms with Crippen LogP contribution in [0.2, 0.25) is 0 Å². The number of nitrogens with one attached hydrogen (secondary N) is 3. The van der Waals surface area contributed by atoms with Gasteiger partial charge in [-0.3, -0.25) is 9.59 Å². The molecule has 0 saturated heterocycles. The van der Waals surface area contributed by atoms with Gasteiger partial charge in [0.25, 0.3) is 0 Å². The number of benzene rings is 2.